The average molecular weight is 218 g/mol. The van der Waals surface area contributed by atoms with Crippen LogP contribution in [0.15, 0.2) is 0 Å². The fraction of sp³-hybridized carbons (Fsp3) is 1.00. The van der Waals surface area contributed by atoms with Crippen molar-refractivity contribution in [2.24, 2.45) is 11.8 Å². The van der Waals surface area contributed by atoms with Crippen LogP contribution in [0, 0.1) is 11.8 Å². The normalized spacial score (nSPS) is 45.0. The Bertz CT molecular complexity index is 138. The predicted molar refractivity (Wildman–Crippen MR) is 51.0 cm³/mol. The van der Waals surface area contributed by atoms with Gasteiger partial charge in [0, 0.05) is 4.83 Å². The number of alkyl halides is 1. The molecule has 0 unspecified atom stereocenters. The first-order chi connectivity index (χ1) is 5.36. The van der Waals surface area contributed by atoms with Gasteiger partial charge in [0.2, 0.25) is 0 Å². The molecule has 0 radical (unpaired) electrons. The first kappa shape index (κ1) is 8.06. The van der Waals surface area contributed by atoms with Gasteiger partial charge in [-0.05, 0) is 50.6 Å². The Balaban J connectivity index is 1.93. The van der Waals surface area contributed by atoms with Crippen molar-refractivity contribution in [3.8, 4) is 0 Å². The SMILES string of the molecule is Br[C@H]1CC[C@@H]2CNCC[C@@H]2C1. The highest BCUT2D eigenvalue weighted by molar-refractivity contribution is 9.09. The molecule has 0 spiro atoms. The molecule has 2 aliphatic rings. The fourth-order valence-electron chi connectivity index (χ4n) is 2.47. The van der Waals surface area contributed by atoms with Crippen LogP contribution in [-0.4, -0.2) is 17.9 Å². The first-order valence-corrected chi connectivity index (χ1v) is 5.62. The third-order valence-electron chi connectivity index (χ3n) is 3.17. The van der Waals surface area contributed by atoms with E-state index >= 15 is 0 Å². The zero-order valence-corrected chi connectivity index (χ0v) is 8.44. The molecule has 3 atom stereocenters. The van der Waals surface area contributed by atoms with E-state index in [-0.39, 0.29) is 0 Å². The second-order valence-corrected chi connectivity index (χ2v) is 5.22. The molecular weight excluding hydrogens is 202 g/mol. The molecule has 1 saturated heterocycles. The van der Waals surface area contributed by atoms with Crippen molar-refractivity contribution in [3.05, 3.63) is 0 Å². The molecule has 64 valence electrons. The molecule has 0 aromatic heterocycles. The molecule has 0 amide bonds. The van der Waals surface area contributed by atoms with Gasteiger partial charge in [-0.1, -0.05) is 15.9 Å². The topological polar surface area (TPSA) is 12.0 Å². The molecule has 0 aromatic carbocycles. The summed E-state index contributed by atoms with van der Waals surface area (Å²) >= 11 is 3.73. The van der Waals surface area contributed by atoms with Crippen LogP contribution in [0.3, 0.4) is 0 Å². The number of nitrogens with one attached hydrogen (secondary N) is 1. The van der Waals surface area contributed by atoms with Crippen LogP contribution in [0.2, 0.25) is 0 Å². The number of hydrogen-bond donors (Lipinski definition) is 1. The zero-order valence-electron chi connectivity index (χ0n) is 6.85. The van der Waals surface area contributed by atoms with Gasteiger partial charge in [-0.15, -0.1) is 0 Å². The third-order valence-corrected chi connectivity index (χ3v) is 4.01. The maximum absolute atomic E-state index is 3.73. The lowest BCUT2D eigenvalue weighted by Gasteiger charge is -2.37. The molecule has 11 heavy (non-hydrogen) atoms. The molecule has 2 heteroatoms. The summed E-state index contributed by atoms with van der Waals surface area (Å²) in [5.74, 6) is 2.02. The molecule has 0 aromatic rings. The Morgan fingerprint density at radius 1 is 1.09 bits per heavy atom. The van der Waals surface area contributed by atoms with Gasteiger partial charge < -0.3 is 5.32 Å². The average Bonchev–Trinajstić information content (AvgIpc) is 2.04. The van der Waals surface area contributed by atoms with Gasteiger partial charge in [0.05, 0.1) is 0 Å². The summed E-state index contributed by atoms with van der Waals surface area (Å²) in [7, 11) is 0. The van der Waals surface area contributed by atoms with E-state index in [4.69, 9.17) is 0 Å². The van der Waals surface area contributed by atoms with Crippen molar-refractivity contribution < 1.29 is 0 Å². The summed E-state index contributed by atoms with van der Waals surface area (Å²) in [6, 6.07) is 0. The van der Waals surface area contributed by atoms with Gasteiger partial charge in [-0.3, -0.25) is 0 Å². The van der Waals surface area contributed by atoms with Gasteiger partial charge in [-0.25, -0.2) is 0 Å². The molecule has 2 rings (SSSR count). The summed E-state index contributed by atoms with van der Waals surface area (Å²) < 4.78 is 0. The van der Waals surface area contributed by atoms with Crippen molar-refractivity contribution in [3.63, 3.8) is 0 Å². The predicted octanol–water partition coefficient (Wildman–Crippen LogP) is 2.16. The van der Waals surface area contributed by atoms with Crippen LogP contribution in [0.4, 0.5) is 0 Å². The minimum Gasteiger partial charge on any atom is -0.316 e. The largest absolute Gasteiger partial charge is 0.316 e. The number of hydrogen-bond acceptors (Lipinski definition) is 1. The number of rotatable bonds is 0. The Labute approximate surface area is 77.1 Å². The lowest BCUT2D eigenvalue weighted by Crippen LogP contribution is -2.40. The lowest BCUT2D eigenvalue weighted by atomic mass is 9.76. The van der Waals surface area contributed by atoms with E-state index in [0.29, 0.717) is 0 Å². The van der Waals surface area contributed by atoms with E-state index < -0.39 is 0 Å². The molecule has 0 bridgehead atoms. The Hall–Kier alpha value is 0.440. The minimum absolute atomic E-state index is 0.821. The molecule has 1 saturated carbocycles. The zero-order chi connectivity index (χ0) is 7.68. The van der Waals surface area contributed by atoms with E-state index in [9.17, 15) is 0 Å². The van der Waals surface area contributed by atoms with Gasteiger partial charge >= 0.3 is 0 Å². The van der Waals surface area contributed by atoms with Gasteiger partial charge in [-0.2, -0.15) is 0 Å². The Morgan fingerprint density at radius 3 is 2.91 bits per heavy atom. The third kappa shape index (κ3) is 1.78. The molecular formula is C9H16BrN. The molecule has 2 fully saturated rings. The highest BCUT2D eigenvalue weighted by Crippen LogP contribution is 2.36. The molecule has 1 nitrogen and oxygen atoms in total. The minimum atomic E-state index is 0.821. The van der Waals surface area contributed by atoms with Crippen molar-refractivity contribution in [2.45, 2.75) is 30.5 Å². The Kier molecular flexibility index (Phi) is 2.52. The monoisotopic (exact) mass is 217 g/mol. The molecule has 1 heterocycles. The van der Waals surface area contributed by atoms with Gasteiger partial charge in [0.15, 0.2) is 0 Å². The molecule has 1 aliphatic carbocycles. The second-order valence-electron chi connectivity index (χ2n) is 3.92. The van der Waals surface area contributed by atoms with Crippen LogP contribution in [0.1, 0.15) is 25.7 Å². The lowest BCUT2D eigenvalue weighted by molar-refractivity contribution is 0.191. The summed E-state index contributed by atoms with van der Waals surface area (Å²) in [5, 5.41) is 3.48. The van der Waals surface area contributed by atoms with Crippen LogP contribution in [0.25, 0.3) is 0 Å². The first-order valence-electron chi connectivity index (χ1n) is 4.71. The van der Waals surface area contributed by atoms with Crippen molar-refractivity contribution in [2.75, 3.05) is 13.1 Å². The van der Waals surface area contributed by atoms with Gasteiger partial charge in [0.1, 0.15) is 0 Å². The highest BCUT2D eigenvalue weighted by Gasteiger charge is 2.30. The Morgan fingerprint density at radius 2 is 2.00 bits per heavy atom. The summed E-state index contributed by atoms with van der Waals surface area (Å²) in [5.41, 5.74) is 0. The van der Waals surface area contributed by atoms with E-state index in [0.717, 1.165) is 16.7 Å². The number of piperidine rings is 1. The summed E-state index contributed by atoms with van der Waals surface area (Å²) in [4.78, 5) is 0.821. The fourth-order valence-corrected chi connectivity index (χ4v) is 3.21. The van der Waals surface area contributed by atoms with Crippen molar-refractivity contribution in [1.29, 1.82) is 0 Å². The van der Waals surface area contributed by atoms with Crippen LogP contribution in [0.5, 0.6) is 0 Å². The standard InChI is InChI=1S/C9H16BrN/c10-9-2-1-8-6-11-4-3-7(8)5-9/h7-9,11H,1-6H2/t7-,8-,9+/m1/s1. The van der Waals surface area contributed by atoms with Crippen LogP contribution >= 0.6 is 15.9 Å². The summed E-state index contributed by atoms with van der Waals surface area (Å²) in [6.07, 6.45) is 5.66. The smallest absolute Gasteiger partial charge is 0.0148 e. The highest BCUT2D eigenvalue weighted by atomic mass is 79.9. The van der Waals surface area contributed by atoms with Crippen LogP contribution < -0.4 is 5.32 Å². The quantitative estimate of drug-likeness (QED) is 0.614. The molecule has 1 N–H and O–H groups in total. The van der Waals surface area contributed by atoms with Gasteiger partial charge in [0.25, 0.3) is 0 Å². The van der Waals surface area contributed by atoms with E-state index in [1.54, 1.807) is 0 Å². The molecule has 1 aliphatic heterocycles. The van der Waals surface area contributed by atoms with E-state index in [1.807, 2.05) is 0 Å². The van der Waals surface area contributed by atoms with Crippen molar-refractivity contribution in [1.82, 2.24) is 5.32 Å². The number of halogens is 1. The summed E-state index contributed by atoms with van der Waals surface area (Å²) in [6.45, 7) is 2.53. The van der Waals surface area contributed by atoms with Crippen molar-refractivity contribution >= 4 is 15.9 Å². The maximum atomic E-state index is 3.73. The van der Waals surface area contributed by atoms with Crippen LogP contribution in [-0.2, 0) is 0 Å². The maximum Gasteiger partial charge on any atom is 0.0148 e. The van der Waals surface area contributed by atoms with E-state index in [1.165, 1.54) is 38.8 Å². The number of fused-ring (bicyclic) bond motifs is 1. The second kappa shape index (κ2) is 3.44. The van der Waals surface area contributed by atoms with E-state index in [2.05, 4.69) is 21.2 Å².